The summed E-state index contributed by atoms with van der Waals surface area (Å²) in [7, 11) is 0. The van der Waals surface area contributed by atoms with Crippen LogP contribution < -0.4 is 10.1 Å². The van der Waals surface area contributed by atoms with Crippen molar-refractivity contribution in [3.8, 4) is 5.75 Å². The Labute approximate surface area is 130 Å². The number of nitrogens with one attached hydrogen (secondary N) is 1. The normalized spacial score (nSPS) is 11.9. The van der Waals surface area contributed by atoms with Gasteiger partial charge < -0.3 is 15.2 Å². The monoisotopic (exact) mass is 299 g/mol. The molecule has 0 spiro atoms. The fourth-order valence-electron chi connectivity index (χ4n) is 2.03. The van der Waals surface area contributed by atoms with E-state index in [1.807, 2.05) is 36.4 Å². The number of carboxylic acids is 1. The van der Waals surface area contributed by atoms with Crippen LogP contribution in [0.15, 0.2) is 48.5 Å². The Bertz CT molecular complexity index is 622. The molecule has 4 nitrogen and oxygen atoms in total. The van der Waals surface area contributed by atoms with Crippen LogP contribution in [0.3, 0.4) is 0 Å². The Morgan fingerprint density at radius 3 is 2.55 bits per heavy atom. The van der Waals surface area contributed by atoms with E-state index in [2.05, 4.69) is 24.4 Å². The lowest BCUT2D eigenvalue weighted by Crippen LogP contribution is -2.33. The second kappa shape index (κ2) is 7.61. The summed E-state index contributed by atoms with van der Waals surface area (Å²) >= 11 is 0. The SMILES string of the molecule is Cc1cccc(COc2ccc(CN[C@H](C)C(=O)O)cc2)c1. The lowest BCUT2D eigenvalue weighted by atomic mass is 10.1. The molecule has 2 aromatic rings. The molecular formula is C18H21NO3. The number of rotatable bonds is 7. The topological polar surface area (TPSA) is 58.6 Å². The second-order valence-electron chi connectivity index (χ2n) is 5.36. The molecule has 2 aromatic carbocycles. The molecule has 0 heterocycles. The van der Waals surface area contributed by atoms with Gasteiger partial charge in [-0.25, -0.2) is 0 Å². The van der Waals surface area contributed by atoms with Gasteiger partial charge in [-0.15, -0.1) is 0 Å². The van der Waals surface area contributed by atoms with Crippen LogP contribution >= 0.6 is 0 Å². The predicted molar refractivity (Wildman–Crippen MR) is 85.9 cm³/mol. The van der Waals surface area contributed by atoms with E-state index in [4.69, 9.17) is 9.84 Å². The van der Waals surface area contributed by atoms with Crippen LogP contribution in [0.2, 0.25) is 0 Å². The van der Waals surface area contributed by atoms with Crippen molar-refractivity contribution in [1.29, 1.82) is 0 Å². The van der Waals surface area contributed by atoms with Crippen LogP contribution in [0.4, 0.5) is 0 Å². The summed E-state index contributed by atoms with van der Waals surface area (Å²) in [6, 6.07) is 15.3. The van der Waals surface area contributed by atoms with E-state index in [1.165, 1.54) is 5.56 Å². The minimum absolute atomic E-state index is 0.519. The molecule has 0 aliphatic heterocycles. The molecule has 0 fully saturated rings. The highest BCUT2D eigenvalue weighted by molar-refractivity contribution is 5.72. The van der Waals surface area contributed by atoms with Gasteiger partial charge in [0.2, 0.25) is 0 Å². The summed E-state index contributed by atoms with van der Waals surface area (Å²) in [4.78, 5) is 10.7. The molecule has 1 atom stereocenters. The van der Waals surface area contributed by atoms with Crippen molar-refractivity contribution in [3.63, 3.8) is 0 Å². The molecule has 0 saturated carbocycles. The lowest BCUT2D eigenvalue weighted by molar-refractivity contribution is -0.139. The fourth-order valence-corrected chi connectivity index (χ4v) is 2.03. The number of hydrogen-bond acceptors (Lipinski definition) is 3. The molecule has 116 valence electrons. The highest BCUT2D eigenvalue weighted by atomic mass is 16.5. The van der Waals surface area contributed by atoms with Gasteiger partial charge in [0.25, 0.3) is 0 Å². The summed E-state index contributed by atoms with van der Waals surface area (Å²) in [6.45, 7) is 4.74. The third-order valence-corrected chi connectivity index (χ3v) is 3.39. The Morgan fingerprint density at radius 2 is 1.91 bits per heavy atom. The van der Waals surface area contributed by atoms with Gasteiger partial charge in [-0.3, -0.25) is 4.79 Å². The van der Waals surface area contributed by atoms with Gasteiger partial charge in [-0.2, -0.15) is 0 Å². The molecule has 22 heavy (non-hydrogen) atoms. The quantitative estimate of drug-likeness (QED) is 0.824. The van der Waals surface area contributed by atoms with Gasteiger partial charge in [-0.1, -0.05) is 42.0 Å². The van der Waals surface area contributed by atoms with Gasteiger partial charge in [0.15, 0.2) is 0 Å². The van der Waals surface area contributed by atoms with E-state index in [0.29, 0.717) is 13.2 Å². The van der Waals surface area contributed by atoms with Gasteiger partial charge in [0, 0.05) is 6.54 Å². The van der Waals surface area contributed by atoms with Gasteiger partial charge >= 0.3 is 5.97 Å². The molecule has 0 aliphatic carbocycles. The molecule has 0 aromatic heterocycles. The largest absolute Gasteiger partial charge is 0.489 e. The van der Waals surface area contributed by atoms with Crippen LogP contribution in [0.25, 0.3) is 0 Å². The second-order valence-corrected chi connectivity index (χ2v) is 5.36. The number of hydrogen-bond donors (Lipinski definition) is 2. The molecule has 0 saturated heterocycles. The zero-order valence-corrected chi connectivity index (χ0v) is 12.9. The van der Waals surface area contributed by atoms with Crippen LogP contribution in [0, 0.1) is 6.92 Å². The van der Waals surface area contributed by atoms with Crippen molar-refractivity contribution in [2.45, 2.75) is 33.0 Å². The van der Waals surface area contributed by atoms with E-state index in [0.717, 1.165) is 16.9 Å². The first-order valence-corrected chi connectivity index (χ1v) is 7.28. The number of carboxylic acid groups (broad SMARTS) is 1. The molecule has 4 heteroatoms. The number of aryl methyl sites for hydroxylation is 1. The van der Waals surface area contributed by atoms with E-state index >= 15 is 0 Å². The van der Waals surface area contributed by atoms with Crippen molar-refractivity contribution in [2.24, 2.45) is 0 Å². The van der Waals surface area contributed by atoms with E-state index in [1.54, 1.807) is 6.92 Å². The molecule has 0 bridgehead atoms. The third-order valence-electron chi connectivity index (χ3n) is 3.39. The zero-order chi connectivity index (χ0) is 15.9. The highest BCUT2D eigenvalue weighted by Gasteiger charge is 2.09. The Balaban J connectivity index is 1.85. The summed E-state index contributed by atoms with van der Waals surface area (Å²) in [6.07, 6.45) is 0. The number of carbonyl (C=O) groups is 1. The van der Waals surface area contributed by atoms with Crippen LogP contribution in [0.1, 0.15) is 23.6 Å². The Hall–Kier alpha value is -2.33. The lowest BCUT2D eigenvalue weighted by Gasteiger charge is -2.10. The third kappa shape index (κ3) is 4.90. The number of ether oxygens (including phenoxy) is 1. The first kappa shape index (κ1) is 16.0. The average molecular weight is 299 g/mol. The Kier molecular flexibility index (Phi) is 5.55. The molecule has 0 aliphatic rings. The van der Waals surface area contributed by atoms with Crippen molar-refractivity contribution >= 4 is 5.97 Å². The average Bonchev–Trinajstić information content (AvgIpc) is 2.51. The summed E-state index contributed by atoms with van der Waals surface area (Å²) in [5, 5.41) is 11.8. The summed E-state index contributed by atoms with van der Waals surface area (Å²) in [5.41, 5.74) is 3.38. The summed E-state index contributed by atoms with van der Waals surface area (Å²) < 4.78 is 5.75. The fraction of sp³-hybridized carbons (Fsp3) is 0.278. The number of benzene rings is 2. The van der Waals surface area contributed by atoms with E-state index in [-0.39, 0.29) is 0 Å². The maximum Gasteiger partial charge on any atom is 0.320 e. The molecule has 0 amide bonds. The number of aliphatic carboxylic acids is 1. The van der Waals surface area contributed by atoms with Crippen molar-refractivity contribution in [1.82, 2.24) is 5.32 Å². The Morgan fingerprint density at radius 1 is 1.18 bits per heavy atom. The first-order valence-electron chi connectivity index (χ1n) is 7.28. The first-order chi connectivity index (χ1) is 10.5. The van der Waals surface area contributed by atoms with Crippen LogP contribution in [-0.2, 0) is 17.9 Å². The standard InChI is InChI=1S/C18H21NO3/c1-13-4-3-5-16(10-13)12-22-17-8-6-15(7-9-17)11-19-14(2)18(20)21/h3-10,14,19H,11-12H2,1-2H3,(H,20,21)/t14-/m1/s1. The minimum Gasteiger partial charge on any atom is -0.489 e. The molecule has 2 N–H and O–H groups in total. The molecule has 2 rings (SSSR count). The maximum absolute atomic E-state index is 10.7. The predicted octanol–water partition coefficient (Wildman–Crippen LogP) is 3.14. The maximum atomic E-state index is 10.7. The molecule has 0 radical (unpaired) electrons. The molecule has 0 unspecified atom stereocenters. The highest BCUT2D eigenvalue weighted by Crippen LogP contribution is 2.15. The van der Waals surface area contributed by atoms with E-state index in [9.17, 15) is 4.79 Å². The van der Waals surface area contributed by atoms with Gasteiger partial charge in [0.1, 0.15) is 18.4 Å². The van der Waals surface area contributed by atoms with Gasteiger partial charge in [-0.05, 0) is 37.1 Å². The van der Waals surface area contributed by atoms with E-state index < -0.39 is 12.0 Å². The van der Waals surface area contributed by atoms with Gasteiger partial charge in [0.05, 0.1) is 0 Å². The summed E-state index contributed by atoms with van der Waals surface area (Å²) in [5.74, 6) is -0.0466. The zero-order valence-electron chi connectivity index (χ0n) is 12.9. The molecular weight excluding hydrogens is 278 g/mol. The van der Waals surface area contributed by atoms with Crippen LogP contribution in [-0.4, -0.2) is 17.1 Å². The van der Waals surface area contributed by atoms with Crippen molar-refractivity contribution in [2.75, 3.05) is 0 Å². The smallest absolute Gasteiger partial charge is 0.320 e. The van der Waals surface area contributed by atoms with Crippen LogP contribution in [0.5, 0.6) is 5.75 Å². The minimum atomic E-state index is -0.849. The van der Waals surface area contributed by atoms with Crippen molar-refractivity contribution < 1.29 is 14.6 Å². The van der Waals surface area contributed by atoms with Crippen molar-refractivity contribution in [3.05, 3.63) is 65.2 Å².